The van der Waals surface area contributed by atoms with Gasteiger partial charge in [-0.05, 0) is 12.8 Å². The lowest BCUT2D eigenvalue weighted by atomic mass is 10.4. The summed E-state index contributed by atoms with van der Waals surface area (Å²) in [5, 5.41) is 8.68. The summed E-state index contributed by atoms with van der Waals surface area (Å²) in [5.41, 5.74) is 0. The number of carbonyl (C=O) groups excluding carboxylic acids is 1. The van der Waals surface area contributed by atoms with Crippen molar-refractivity contribution >= 4 is 5.91 Å². The summed E-state index contributed by atoms with van der Waals surface area (Å²) in [4.78, 5) is 14.2. The van der Waals surface area contributed by atoms with Crippen molar-refractivity contribution in [3.05, 3.63) is 0 Å². The van der Waals surface area contributed by atoms with E-state index in [0.717, 1.165) is 17.7 Å². The lowest BCUT2D eigenvalue weighted by Gasteiger charge is -2.24. The monoisotopic (exact) mass is 254 g/mol. The van der Waals surface area contributed by atoms with E-state index >= 15 is 0 Å². The number of hydrogen-bond acceptors (Lipinski definition) is 3. The molecule has 100 valence electrons. The number of rotatable bonds is 5. The Hall–Kier alpha value is -0.820. The van der Waals surface area contributed by atoms with Gasteiger partial charge in [0.2, 0.25) is 5.91 Å². The maximum atomic E-state index is 12.2. The van der Waals surface area contributed by atoms with Crippen molar-refractivity contribution < 1.29 is 23.1 Å². The summed E-state index contributed by atoms with van der Waals surface area (Å²) in [6.45, 7) is -0.717. The van der Waals surface area contributed by atoms with Crippen LogP contribution >= 0.6 is 0 Å². The van der Waals surface area contributed by atoms with Crippen LogP contribution in [0, 0.1) is 0 Å². The molecule has 7 heteroatoms. The average molecular weight is 254 g/mol. The van der Waals surface area contributed by atoms with Gasteiger partial charge in [-0.2, -0.15) is 13.2 Å². The second kappa shape index (κ2) is 6.20. The van der Waals surface area contributed by atoms with E-state index < -0.39 is 12.7 Å². The zero-order valence-electron chi connectivity index (χ0n) is 9.54. The van der Waals surface area contributed by atoms with E-state index in [9.17, 15) is 18.0 Å². The fourth-order valence-corrected chi connectivity index (χ4v) is 1.87. The van der Waals surface area contributed by atoms with E-state index in [1.54, 1.807) is 4.90 Å². The number of likely N-dealkylation sites (tertiary alicyclic amines) is 1. The fourth-order valence-electron chi connectivity index (χ4n) is 1.87. The molecule has 17 heavy (non-hydrogen) atoms. The van der Waals surface area contributed by atoms with E-state index in [2.05, 4.69) is 0 Å². The molecule has 0 aromatic carbocycles. The van der Waals surface area contributed by atoms with E-state index in [4.69, 9.17) is 5.11 Å². The predicted molar refractivity (Wildman–Crippen MR) is 55.4 cm³/mol. The van der Waals surface area contributed by atoms with Crippen LogP contribution in [0.25, 0.3) is 0 Å². The smallest absolute Gasteiger partial charge is 0.395 e. The lowest BCUT2D eigenvalue weighted by molar-refractivity contribution is -0.151. The van der Waals surface area contributed by atoms with Gasteiger partial charge in [0.15, 0.2) is 0 Å². The molecule has 0 spiro atoms. The fraction of sp³-hybridized carbons (Fsp3) is 0.900. The van der Waals surface area contributed by atoms with Crippen molar-refractivity contribution in [2.45, 2.75) is 19.0 Å². The van der Waals surface area contributed by atoms with E-state index in [1.807, 2.05) is 0 Å². The van der Waals surface area contributed by atoms with Crippen LogP contribution in [-0.2, 0) is 4.79 Å². The van der Waals surface area contributed by atoms with Crippen LogP contribution in [0.4, 0.5) is 13.2 Å². The maximum absolute atomic E-state index is 12.2. The molecule has 1 fully saturated rings. The highest BCUT2D eigenvalue weighted by atomic mass is 19.4. The topological polar surface area (TPSA) is 43.8 Å². The van der Waals surface area contributed by atoms with Gasteiger partial charge in [0.1, 0.15) is 0 Å². The van der Waals surface area contributed by atoms with Gasteiger partial charge < -0.3 is 10.0 Å². The highest BCUT2D eigenvalue weighted by molar-refractivity contribution is 5.78. The molecule has 0 bridgehead atoms. The Morgan fingerprint density at radius 2 is 1.88 bits per heavy atom. The Bertz CT molecular complexity index is 252. The molecule has 1 N–H and O–H groups in total. The quantitative estimate of drug-likeness (QED) is 0.775. The third kappa shape index (κ3) is 5.36. The van der Waals surface area contributed by atoms with Crippen LogP contribution in [-0.4, -0.2) is 66.3 Å². The van der Waals surface area contributed by atoms with Gasteiger partial charge in [-0.3, -0.25) is 9.69 Å². The summed E-state index contributed by atoms with van der Waals surface area (Å²) < 4.78 is 36.6. The first-order chi connectivity index (χ1) is 7.92. The van der Waals surface area contributed by atoms with Crippen molar-refractivity contribution in [1.29, 1.82) is 0 Å². The van der Waals surface area contributed by atoms with E-state index in [0.29, 0.717) is 13.1 Å². The Morgan fingerprint density at radius 1 is 1.29 bits per heavy atom. The average Bonchev–Trinajstić information content (AvgIpc) is 2.67. The van der Waals surface area contributed by atoms with Crippen LogP contribution in [0.15, 0.2) is 0 Å². The Balaban J connectivity index is 2.44. The molecule has 0 unspecified atom stereocenters. The van der Waals surface area contributed by atoms with Crippen molar-refractivity contribution in [3.8, 4) is 0 Å². The zero-order valence-corrected chi connectivity index (χ0v) is 9.54. The normalized spacial score (nSPS) is 16.9. The van der Waals surface area contributed by atoms with E-state index in [1.165, 1.54) is 0 Å². The summed E-state index contributed by atoms with van der Waals surface area (Å²) >= 11 is 0. The predicted octanol–water partition coefficient (Wildman–Crippen LogP) is 0.465. The van der Waals surface area contributed by atoms with Gasteiger partial charge in [-0.15, -0.1) is 0 Å². The molecule has 1 saturated heterocycles. The van der Waals surface area contributed by atoms with Crippen LogP contribution in [0.1, 0.15) is 12.8 Å². The Morgan fingerprint density at radius 3 is 2.35 bits per heavy atom. The number of alkyl halides is 3. The van der Waals surface area contributed by atoms with Gasteiger partial charge in [0, 0.05) is 19.6 Å². The number of aliphatic hydroxyl groups excluding tert-OH is 1. The second-order valence-corrected chi connectivity index (χ2v) is 4.14. The van der Waals surface area contributed by atoms with Crippen LogP contribution in [0.2, 0.25) is 0 Å². The molecular formula is C10H17F3N2O2. The lowest BCUT2D eigenvalue weighted by Crippen LogP contribution is -2.43. The first-order valence-electron chi connectivity index (χ1n) is 5.60. The minimum Gasteiger partial charge on any atom is -0.395 e. The first kappa shape index (κ1) is 14.2. The van der Waals surface area contributed by atoms with Crippen LogP contribution < -0.4 is 0 Å². The SMILES string of the molecule is O=C(CN(CCO)CC(F)(F)F)N1CCCC1. The van der Waals surface area contributed by atoms with Crippen molar-refractivity contribution in [3.63, 3.8) is 0 Å². The third-order valence-electron chi connectivity index (χ3n) is 2.64. The maximum Gasteiger partial charge on any atom is 0.401 e. The zero-order chi connectivity index (χ0) is 12.9. The minimum absolute atomic E-state index is 0.140. The standard InChI is InChI=1S/C10H17F3N2O2/c11-10(12,13)8-14(5-6-16)7-9(17)15-3-1-2-4-15/h16H,1-8H2. The molecule has 4 nitrogen and oxygen atoms in total. The summed E-state index contributed by atoms with van der Waals surface area (Å²) in [6, 6.07) is 0. The number of aliphatic hydroxyl groups is 1. The molecule has 0 aromatic rings. The van der Waals surface area contributed by atoms with E-state index in [-0.39, 0.29) is 25.6 Å². The molecule has 0 atom stereocenters. The molecule has 0 aromatic heterocycles. The summed E-state index contributed by atoms with van der Waals surface area (Å²) in [7, 11) is 0. The molecule has 0 radical (unpaired) electrons. The van der Waals surface area contributed by atoms with Gasteiger partial charge in [-0.25, -0.2) is 0 Å². The molecular weight excluding hydrogens is 237 g/mol. The highest BCUT2D eigenvalue weighted by Gasteiger charge is 2.32. The largest absolute Gasteiger partial charge is 0.401 e. The van der Waals surface area contributed by atoms with Gasteiger partial charge >= 0.3 is 6.18 Å². The molecule has 0 saturated carbocycles. The van der Waals surface area contributed by atoms with Gasteiger partial charge in [0.05, 0.1) is 19.7 Å². The molecule has 1 amide bonds. The molecule has 1 rings (SSSR count). The summed E-state index contributed by atoms with van der Waals surface area (Å²) in [5.74, 6) is -0.291. The first-order valence-corrected chi connectivity index (χ1v) is 5.60. The number of hydrogen-bond donors (Lipinski definition) is 1. The molecule has 1 heterocycles. The molecule has 1 aliphatic rings. The number of carbonyl (C=O) groups is 1. The van der Waals surface area contributed by atoms with Crippen molar-refractivity contribution in [2.75, 3.05) is 39.3 Å². The number of nitrogens with zero attached hydrogens (tertiary/aromatic N) is 2. The Labute approximate surface area is 98.0 Å². The van der Waals surface area contributed by atoms with Gasteiger partial charge in [-0.1, -0.05) is 0 Å². The van der Waals surface area contributed by atoms with Gasteiger partial charge in [0.25, 0.3) is 0 Å². The third-order valence-corrected chi connectivity index (χ3v) is 2.64. The number of halogens is 3. The van der Waals surface area contributed by atoms with Crippen molar-refractivity contribution in [2.24, 2.45) is 0 Å². The highest BCUT2D eigenvalue weighted by Crippen LogP contribution is 2.16. The molecule has 1 aliphatic heterocycles. The van der Waals surface area contributed by atoms with Crippen LogP contribution in [0.3, 0.4) is 0 Å². The minimum atomic E-state index is -4.35. The molecule has 0 aliphatic carbocycles. The van der Waals surface area contributed by atoms with Crippen molar-refractivity contribution in [1.82, 2.24) is 9.80 Å². The number of amides is 1. The Kier molecular flexibility index (Phi) is 5.20. The summed E-state index contributed by atoms with van der Waals surface area (Å²) in [6.07, 6.45) is -2.53. The second-order valence-electron chi connectivity index (χ2n) is 4.14. The van der Waals surface area contributed by atoms with Crippen LogP contribution in [0.5, 0.6) is 0 Å².